The maximum absolute atomic E-state index is 13.4. The SMILES string of the molecule is CCOC(=O)COc1c(Cl)cc(/C=C(/C#N)c2nc3ccc(F)cc3[nH]2)cc1OCC. The number of nitrogens with one attached hydrogen (secondary N) is 1. The maximum Gasteiger partial charge on any atom is 0.344 e. The predicted molar refractivity (Wildman–Crippen MR) is 114 cm³/mol. The summed E-state index contributed by atoms with van der Waals surface area (Å²) in [4.78, 5) is 18.9. The van der Waals surface area contributed by atoms with Crippen LogP contribution in [-0.2, 0) is 9.53 Å². The number of carbonyl (C=O) groups is 1. The summed E-state index contributed by atoms with van der Waals surface area (Å²) < 4.78 is 29.4. The fourth-order valence-corrected chi connectivity index (χ4v) is 3.11. The summed E-state index contributed by atoms with van der Waals surface area (Å²) in [6, 6.07) is 9.42. The fourth-order valence-electron chi connectivity index (χ4n) is 2.84. The van der Waals surface area contributed by atoms with Crippen molar-refractivity contribution in [2.24, 2.45) is 0 Å². The van der Waals surface area contributed by atoms with Gasteiger partial charge in [-0.15, -0.1) is 0 Å². The molecule has 0 bridgehead atoms. The van der Waals surface area contributed by atoms with E-state index in [1.165, 1.54) is 18.2 Å². The molecule has 0 saturated carbocycles. The molecule has 0 unspecified atom stereocenters. The molecule has 1 heterocycles. The van der Waals surface area contributed by atoms with Gasteiger partial charge in [0.05, 0.1) is 34.8 Å². The Morgan fingerprint density at radius 2 is 2.06 bits per heavy atom. The van der Waals surface area contributed by atoms with Gasteiger partial charge in [-0.05, 0) is 55.8 Å². The molecule has 3 aromatic rings. The molecule has 0 fully saturated rings. The van der Waals surface area contributed by atoms with Crippen LogP contribution in [0.5, 0.6) is 11.5 Å². The maximum atomic E-state index is 13.4. The number of rotatable bonds is 8. The number of hydrogen-bond acceptors (Lipinski definition) is 6. The predicted octanol–water partition coefficient (Wildman–Crippen LogP) is 4.76. The molecule has 1 N–H and O–H groups in total. The second kappa shape index (κ2) is 9.96. The third kappa shape index (κ3) is 5.32. The first-order chi connectivity index (χ1) is 14.9. The van der Waals surface area contributed by atoms with Gasteiger partial charge < -0.3 is 19.2 Å². The lowest BCUT2D eigenvalue weighted by Crippen LogP contribution is -2.15. The molecule has 0 amide bonds. The van der Waals surface area contributed by atoms with E-state index in [-0.39, 0.29) is 29.6 Å². The van der Waals surface area contributed by atoms with Crippen molar-refractivity contribution in [1.82, 2.24) is 9.97 Å². The first-order valence-corrected chi connectivity index (χ1v) is 9.85. The van der Waals surface area contributed by atoms with Crippen LogP contribution in [0, 0.1) is 17.1 Å². The fraction of sp³-hybridized carbons (Fsp3) is 0.227. The number of allylic oxidation sites excluding steroid dienone is 1. The number of fused-ring (bicyclic) bond motifs is 1. The van der Waals surface area contributed by atoms with Crippen molar-refractivity contribution in [2.75, 3.05) is 19.8 Å². The van der Waals surface area contributed by atoms with Gasteiger partial charge in [-0.2, -0.15) is 5.26 Å². The number of imidazole rings is 1. The Morgan fingerprint density at radius 3 is 2.77 bits per heavy atom. The van der Waals surface area contributed by atoms with Gasteiger partial charge in [0.15, 0.2) is 18.1 Å². The number of nitrogens with zero attached hydrogens (tertiary/aromatic N) is 2. The van der Waals surface area contributed by atoms with Gasteiger partial charge in [-0.1, -0.05) is 11.6 Å². The van der Waals surface area contributed by atoms with Gasteiger partial charge in [0.1, 0.15) is 17.7 Å². The number of halogens is 2. The highest BCUT2D eigenvalue weighted by molar-refractivity contribution is 6.32. The Bertz CT molecular complexity index is 1180. The van der Waals surface area contributed by atoms with Crippen LogP contribution in [0.25, 0.3) is 22.7 Å². The zero-order chi connectivity index (χ0) is 22.4. The summed E-state index contributed by atoms with van der Waals surface area (Å²) in [5.74, 6) is -0.129. The number of ether oxygens (including phenoxy) is 3. The summed E-state index contributed by atoms with van der Waals surface area (Å²) in [5, 5.41) is 9.82. The molecule has 9 heteroatoms. The topological polar surface area (TPSA) is 97.2 Å². The smallest absolute Gasteiger partial charge is 0.344 e. The molecule has 0 aliphatic heterocycles. The van der Waals surface area contributed by atoms with Crippen molar-refractivity contribution < 1.29 is 23.4 Å². The highest BCUT2D eigenvalue weighted by Gasteiger charge is 2.16. The minimum Gasteiger partial charge on any atom is -0.490 e. The van der Waals surface area contributed by atoms with E-state index >= 15 is 0 Å². The van der Waals surface area contributed by atoms with Crippen molar-refractivity contribution >= 4 is 40.3 Å². The van der Waals surface area contributed by atoms with Crippen LogP contribution in [0.1, 0.15) is 25.2 Å². The Kier molecular flexibility index (Phi) is 7.11. The molecular formula is C22H19ClFN3O4. The number of esters is 1. The zero-order valence-electron chi connectivity index (χ0n) is 16.9. The molecule has 0 spiro atoms. The molecule has 0 radical (unpaired) electrons. The Hall–Kier alpha value is -3.57. The van der Waals surface area contributed by atoms with E-state index in [0.717, 1.165) is 0 Å². The summed E-state index contributed by atoms with van der Waals surface area (Å²) in [6.07, 6.45) is 1.57. The monoisotopic (exact) mass is 443 g/mol. The number of benzene rings is 2. The summed E-state index contributed by atoms with van der Waals surface area (Å²) in [7, 11) is 0. The van der Waals surface area contributed by atoms with E-state index in [4.69, 9.17) is 25.8 Å². The molecular weight excluding hydrogens is 425 g/mol. The van der Waals surface area contributed by atoms with Gasteiger partial charge >= 0.3 is 5.97 Å². The van der Waals surface area contributed by atoms with Crippen LogP contribution in [0.4, 0.5) is 4.39 Å². The molecule has 2 aromatic carbocycles. The largest absolute Gasteiger partial charge is 0.490 e. The first kappa shape index (κ1) is 22.1. The molecule has 0 atom stereocenters. The zero-order valence-corrected chi connectivity index (χ0v) is 17.6. The van der Waals surface area contributed by atoms with E-state index in [9.17, 15) is 14.4 Å². The third-order valence-corrected chi connectivity index (χ3v) is 4.38. The highest BCUT2D eigenvalue weighted by atomic mass is 35.5. The second-order valence-electron chi connectivity index (χ2n) is 6.27. The lowest BCUT2D eigenvalue weighted by molar-refractivity contribution is -0.145. The Balaban J connectivity index is 1.95. The van der Waals surface area contributed by atoms with Crippen LogP contribution < -0.4 is 9.47 Å². The molecule has 0 saturated heterocycles. The van der Waals surface area contributed by atoms with Crippen LogP contribution >= 0.6 is 11.6 Å². The minimum absolute atomic E-state index is 0.200. The Labute approximate surface area is 183 Å². The Morgan fingerprint density at radius 1 is 1.26 bits per heavy atom. The number of H-pyrrole nitrogens is 1. The number of aromatic nitrogens is 2. The summed E-state index contributed by atoms with van der Waals surface area (Å²) >= 11 is 6.35. The van der Waals surface area contributed by atoms with Crippen molar-refractivity contribution in [2.45, 2.75) is 13.8 Å². The van der Waals surface area contributed by atoms with Gasteiger partial charge in [0.25, 0.3) is 0 Å². The standard InChI is InChI=1S/C22H19ClFN3O4/c1-3-29-19-9-13(8-16(23)21(19)31-12-20(28)30-4-2)7-14(11-25)22-26-17-6-5-15(24)10-18(17)27-22/h5-10H,3-4,12H2,1-2H3,(H,26,27)/b14-7-. The van der Waals surface area contributed by atoms with E-state index in [0.29, 0.717) is 34.8 Å². The lowest BCUT2D eigenvalue weighted by atomic mass is 10.1. The minimum atomic E-state index is -0.530. The molecule has 1 aromatic heterocycles. The number of aromatic amines is 1. The molecule has 3 rings (SSSR count). The summed E-state index contributed by atoms with van der Waals surface area (Å²) in [6.45, 7) is 3.74. The molecule has 7 nitrogen and oxygen atoms in total. The first-order valence-electron chi connectivity index (χ1n) is 9.47. The van der Waals surface area contributed by atoms with E-state index in [1.54, 1.807) is 32.1 Å². The van der Waals surface area contributed by atoms with Crippen LogP contribution in [0.15, 0.2) is 30.3 Å². The third-order valence-electron chi connectivity index (χ3n) is 4.10. The van der Waals surface area contributed by atoms with Crippen molar-refractivity contribution in [3.05, 3.63) is 52.6 Å². The van der Waals surface area contributed by atoms with Gasteiger partial charge in [0, 0.05) is 0 Å². The molecule has 160 valence electrons. The molecule has 31 heavy (non-hydrogen) atoms. The normalized spacial score (nSPS) is 11.3. The van der Waals surface area contributed by atoms with E-state index < -0.39 is 11.8 Å². The summed E-state index contributed by atoms with van der Waals surface area (Å²) in [5.41, 5.74) is 1.79. The van der Waals surface area contributed by atoms with Crippen LogP contribution in [0.2, 0.25) is 5.02 Å². The van der Waals surface area contributed by atoms with Crippen LogP contribution in [0.3, 0.4) is 0 Å². The van der Waals surface area contributed by atoms with Gasteiger partial charge in [-0.3, -0.25) is 0 Å². The average molecular weight is 444 g/mol. The van der Waals surface area contributed by atoms with Gasteiger partial charge in [0.2, 0.25) is 0 Å². The van der Waals surface area contributed by atoms with Crippen molar-refractivity contribution in [3.63, 3.8) is 0 Å². The van der Waals surface area contributed by atoms with Crippen molar-refractivity contribution in [3.8, 4) is 17.6 Å². The van der Waals surface area contributed by atoms with E-state index in [2.05, 4.69) is 16.0 Å². The number of carbonyl (C=O) groups excluding carboxylic acids is 1. The number of hydrogen-bond donors (Lipinski definition) is 1. The molecule has 0 aliphatic rings. The van der Waals surface area contributed by atoms with Crippen LogP contribution in [-0.4, -0.2) is 35.8 Å². The lowest BCUT2D eigenvalue weighted by Gasteiger charge is -2.14. The number of nitriles is 1. The molecule has 0 aliphatic carbocycles. The van der Waals surface area contributed by atoms with Crippen molar-refractivity contribution in [1.29, 1.82) is 5.26 Å². The van der Waals surface area contributed by atoms with E-state index in [1.807, 2.05) is 0 Å². The highest BCUT2D eigenvalue weighted by Crippen LogP contribution is 2.37. The quantitative estimate of drug-likeness (QED) is 0.398. The van der Waals surface area contributed by atoms with Gasteiger partial charge in [-0.25, -0.2) is 14.2 Å². The average Bonchev–Trinajstić information content (AvgIpc) is 3.14. The second-order valence-corrected chi connectivity index (χ2v) is 6.68.